The SMILES string of the molecule is CNc1nccc(C(=O)Nc2cc(Cl)c(F)c(Cl)c2)c1F. The Morgan fingerprint density at radius 1 is 1.19 bits per heavy atom. The van der Waals surface area contributed by atoms with Gasteiger partial charge >= 0.3 is 0 Å². The number of hydrogen-bond donors (Lipinski definition) is 2. The van der Waals surface area contributed by atoms with Crippen LogP contribution in [0, 0.1) is 11.6 Å². The predicted octanol–water partition coefficient (Wildman–Crippen LogP) is 3.96. The molecule has 0 saturated heterocycles. The molecule has 0 bridgehead atoms. The topological polar surface area (TPSA) is 54.0 Å². The third kappa shape index (κ3) is 3.22. The van der Waals surface area contributed by atoms with Crippen molar-refractivity contribution < 1.29 is 13.6 Å². The summed E-state index contributed by atoms with van der Waals surface area (Å²) < 4.78 is 27.2. The van der Waals surface area contributed by atoms with Crippen molar-refractivity contribution in [2.75, 3.05) is 17.7 Å². The third-order valence-electron chi connectivity index (χ3n) is 2.61. The van der Waals surface area contributed by atoms with Crippen molar-refractivity contribution in [3.05, 3.63) is 51.6 Å². The Hall–Kier alpha value is -1.92. The summed E-state index contributed by atoms with van der Waals surface area (Å²) in [4.78, 5) is 15.8. The molecule has 4 nitrogen and oxygen atoms in total. The number of rotatable bonds is 3. The summed E-state index contributed by atoms with van der Waals surface area (Å²) in [7, 11) is 1.48. The number of anilines is 2. The monoisotopic (exact) mass is 331 g/mol. The summed E-state index contributed by atoms with van der Waals surface area (Å²) in [6, 6.07) is 3.58. The van der Waals surface area contributed by atoms with E-state index in [0.29, 0.717) is 0 Å². The molecule has 8 heteroatoms. The quantitative estimate of drug-likeness (QED) is 0.837. The molecule has 2 N–H and O–H groups in total. The van der Waals surface area contributed by atoms with Crippen LogP contribution in [-0.4, -0.2) is 17.9 Å². The van der Waals surface area contributed by atoms with Crippen molar-refractivity contribution in [2.45, 2.75) is 0 Å². The van der Waals surface area contributed by atoms with Gasteiger partial charge < -0.3 is 10.6 Å². The van der Waals surface area contributed by atoms with Gasteiger partial charge in [0.05, 0.1) is 15.6 Å². The molecule has 21 heavy (non-hydrogen) atoms. The summed E-state index contributed by atoms with van der Waals surface area (Å²) in [5, 5.41) is 4.42. The van der Waals surface area contributed by atoms with E-state index in [2.05, 4.69) is 15.6 Å². The summed E-state index contributed by atoms with van der Waals surface area (Å²) in [5.41, 5.74) is -0.0652. The van der Waals surface area contributed by atoms with Crippen LogP contribution in [0.1, 0.15) is 10.4 Å². The Kier molecular flexibility index (Phi) is 4.59. The molecule has 0 aliphatic heterocycles. The minimum absolute atomic E-state index is 0.0576. The first kappa shape index (κ1) is 15.5. The Balaban J connectivity index is 2.30. The number of amides is 1. The van der Waals surface area contributed by atoms with Crippen LogP contribution in [0.15, 0.2) is 24.4 Å². The van der Waals surface area contributed by atoms with E-state index in [0.717, 1.165) is 0 Å². The summed E-state index contributed by atoms with van der Waals surface area (Å²) in [6.07, 6.45) is 1.29. The van der Waals surface area contributed by atoms with Gasteiger partial charge in [-0.2, -0.15) is 0 Å². The molecule has 0 saturated carbocycles. The van der Waals surface area contributed by atoms with Crippen molar-refractivity contribution in [1.29, 1.82) is 0 Å². The van der Waals surface area contributed by atoms with E-state index in [-0.39, 0.29) is 27.1 Å². The second-order valence-corrected chi connectivity index (χ2v) is 4.79. The molecular formula is C13H9Cl2F2N3O. The van der Waals surface area contributed by atoms with Gasteiger partial charge in [0.1, 0.15) is 0 Å². The van der Waals surface area contributed by atoms with Crippen LogP contribution in [0.3, 0.4) is 0 Å². The predicted molar refractivity (Wildman–Crippen MR) is 78.1 cm³/mol. The number of nitrogens with one attached hydrogen (secondary N) is 2. The van der Waals surface area contributed by atoms with Gasteiger partial charge in [-0.15, -0.1) is 0 Å². The number of pyridine rings is 1. The summed E-state index contributed by atoms with van der Waals surface area (Å²) >= 11 is 11.2. The normalized spacial score (nSPS) is 10.3. The van der Waals surface area contributed by atoms with E-state index in [1.807, 2.05) is 0 Å². The highest BCUT2D eigenvalue weighted by Gasteiger charge is 2.17. The first-order chi connectivity index (χ1) is 9.93. The molecule has 0 radical (unpaired) electrons. The number of nitrogens with zero attached hydrogens (tertiary/aromatic N) is 1. The second kappa shape index (κ2) is 6.24. The molecule has 1 aromatic carbocycles. The maximum absolute atomic E-state index is 14.0. The molecule has 0 spiro atoms. The molecule has 2 aromatic rings. The highest BCUT2D eigenvalue weighted by Crippen LogP contribution is 2.27. The zero-order valence-corrected chi connectivity index (χ0v) is 12.2. The average molecular weight is 332 g/mol. The highest BCUT2D eigenvalue weighted by molar-refractivity contribution is 6.35. The lowest BCUT2D eigenvalue weighted by Gasteiger charge is -2.09. The Morgan fingerprint density at radius 2 is 1.81 bits per heavy atom. The van der Waals surface area contributed by atoms with Crippen LogP contribution in [-0.2, 0) is 0 Å². The van der Waals surface area contributed by atoms with Crippen LogP contribution in [0.2, 0.25) is 10.0 Å². The first-order valence-electron chi connectivity index (χ1n) is 5.72. The van der Waals surface area contributed by atoms with Gasteiger partial charge in [-0.3, -0.25) is 4.79 Å². The van der Waals surface area contributed by atoms with Gasteiger partial charge in [-0.05, 0) is 18.2 Å². The molecule has 0 unspecified atom stereocenters. The minimum Gasteiger partial charge on any atom is -0.371 e. The van der Waals surface area contributed by atoms with E-state index < -0.39 is 17.5 Å². The third-order valence-corrected chi connectivity index (χ3v) is 3.16. The highest BCUT2D eigenvalue weighted by atomic mass is 35.5. The lowest BCUT2D eigenvalue weighted by Crippen LogP contribution is -2.15. The maximum Gasteiger partial charge on any atom is 0.258 e. The van der Waals surface area contributed by atoms with E-state index in [9.17, 15) is 13.6 Å². The van der Waals surface area contributed by atoms with E-state index in [4.69, 9.17) is 23.2 Å². The molecule has 1 heterocycles. The molecule has 1 amide bonds. The first-order valence-corrected chi connectivity index (χ1v) is 6.47. The fraction of sp³-hybridized carbons (Fsp3) is 0.0769. The molecule has 0 fully saturated rings. The smallest absolute Gasteiger partial charge is 0.258 e. The summed E-state index contributed by atoms with van der Waals surface area (Å²) in [5.74, 6) is -2.37. The largest absolute Gasteiger partial charge is 0.371 e. The zero-order valence-electron chi connectivity index (χ0n) is 10.7. The number of halogens is 4. The fourth-order valence-electron chi connectivity index (χ4n) is 1.62. The van der Waals surface area contributed by atoms with Gasteiger partial charge in [-0.1, -0.05) is 23.2 Å². The Bertz CT molecular complexity index is 687. The number of hydrogen-bond acceptors (Lipinski definition) is 3. The number of aromatic nitrogens is 1. The van der Waals surface area contributed by atoms with Gasteiger partial charge in [0.25, 0.3) is 5.91 Å². The van der Waals surface area contributed by atoms with Crippen LogP contribution >= 0.6 is 23.2 Å². The minimum atomic E-state index is -0.795. The standard InChI is InChI=1S/C13H9Cl2F2N3O/c1-18-12-10(16)7(2-3-19-12)13(21)20-6-4-8(14)11(17)9(15)5-6/h2-5H,1H3,(H,18,19)(H,20,21). The molecular weight excluding hydrogens is 323 g/mol. The second-order valence-electron chi connectivity index (χ2n) is 3.98. The lowest BCUT2D eigenvalue weighted by molar-refractivity contribution is 0.102. The molecule has 0 atom stereocenters. The number of carbonyl (C=O) groups is 1. The Morgan fingerprint density at radius 3 is 2.38 bits per heavy atom. The van der Waals surface area contributed by atoms with Gasteiger partial charge in [-0.25, -0.2) is 13.8 Å². The Labute approximate surface area is 129 Å². The van der Waals surface area contributed by atoms with Crippen LogP contribution in [0.4, 0.5) is 20.3 Å². The lowest BCUT2D eigenvalue weighted by atomic mass is 10.2. The van der Waals surface area contributed by atoms with Crippen LogP contribution in [0.5, 0.6) is 0 Å². The van der Waals surface area contributed by atoms with Crippen molar-refractivity contribution in [3.63, 3.8) is 0 Å². The van der Waals surface area contributed by atoms with E-state index in [1.165, 1.54) is 31.4 Å². The zero-order chi connectivity index (χ0) is 15.6. The molecule has 0 aliphatic carbocycles. The maximum atomic E-state index is 14.0. The average Bonchev–Trinajstić information content (AvgIpc) is 2.44. The van der Waals surface area contributed by atoms with Crippen molar-refractivity contribution in [3.8, 4) is 0 Å². The molecule has 2 rings (SSSR count). The van der Waals surface area contributed by atoms with Gasteiger partial charge in [0.2, 0.25) is 0 Å². The fourth-order valence-corrected chi connectivity index (χ4v) is 2.11. The van der Waals surface area contributed by atoms with E-state index >= 15 is 0 Å². The van der Waals surface area contributed by atoms with E-state index in [1.54, 1.807) is 0 Å². The van der Waals surface area contributed by atoms with Crippen molar-refractivity contribution >= 4 is 40.6 Å². The molecule has 110 valence electrons. The number of carbonyl (C=O) groups excluding carboxylic acids is 1. The van der Waals surface area contributed by atoms with Crippen molar-refractivity contribution in [2.24, 2.45) is 0 Å². The van der Waals surface area contributed by atoms with Gasteiger partial charge in [0.15, 0.2) is 17.5 Å². The van der Waals surface area contributed by atoms with Gasteiger partial charge in [0, 0.05) is 18.9 Å². The molecule has 1 aromatic heterocycles. The van der Waals surface area contributed by atoms with Crippen molar-refractivity contribution in [1.82, 2.24) is 4.98 Å². The summed E-state index contributed by atoms with van der Waals surface area (Å²) in [6.45, 7) is 0. The number of benzene rings is 1. The molecule has 0 aliphatic rings. The van der Waals surface area contributed by atoms with Crippen LogP contribution < -0.4 is 10.6 Å². The van der Waals surface area contributed by atoms with Crippen LogP contribution in [0.25, 0.3) is 0 Å².